The van der Waals surface area contributed by atoms with Gasteiger partial charge in [0.15, 0.2) is 5.69 Å². The summed E-state index contributed by atoms with van der Waals surface area (Å²) >= 11 is 5.91. The van der Waals surface area contributed by atoms with Gasteiger partial charge in [0, 0.05) is 18.0 Å². The molecule has 31 heavy (non-hydrogen) atoms. The Morgan fingerprint density at radius 2 is 1.87 bits per heavy atom. The number of esters is 1. The van der Waals surface area contributed by atoms with Crippen molar-refractivity contribution in [3.05, 3.63) is 81.7 Å². The standard InChI is InChI=1S/C23H21ClN2O5/c1-14-19(13-30-18-9-7-17(24)8-10-18)21(25-31-14)22(27)26-12-16-6-4-3-5-15(16)11-20(26)23(28)29-2/h3-10,20H,11-13H2,1-2H3. The Morgan fingerprint density at radius 3 is 2.58 bits per heavy atom. The topological polar surface area (TPSA) is 81.9 Å². The summed E-state index contributed by atoms with van der Waals surface area (Å²) in [6.45, 7) is 2.08. The average molecular weight is 441 g/mol. The largest absolute Gasteiger partial charge is 0.489 e. The number of methoxy groups -OCH3 is 1. The van der Waals surface area contributed by atoms with Crippen LogP contribution >= 0.6 is 11.6 Å². The molecule has 3 aromatic rings. The van der Waals surface area contributed by atoms with E-state index in [0.29, 0.717) is 28.5 Å². The Kier molecular flexibility index (Phi) is 5.95. The van der Waals surface area contributed by atoms with Crippen LogP contribution in [0, 0.1) is 6.92 Å². The Bertz CT molecular complexity index is 1110. The number of halogens is 1. The first-order valence-electron chi connectivity index (χ1n) is 9.77. The van der Waals surface area contributed by atoms with Crippen molar-refractivity contribution in [2.45, 2.75) is 32.5 Å². The van der Waals surface area contributed by atoms with Crippen molar-refractivity contribution in [2.75, 3.05) is 7.11 Å². The van der Waals surface area contributed by atoms with E-state index in [2.05, 4.69) is 5.16 Å². The highest BCUT2D eigenvalue weighted by atomic mass is 35.5. The predicted octanol–water partition coefficient (Wildman–Crippen LogP) is 3.96. The van der Waals surface area contributed by atoms with Gasteiger partial charge in [-0.25, -0.2) is 4.79 Å². The van der Waals surface area contributed by atoms with Gasteiger partial charge < -0.3 is 18.9 Å². The molecule has 1 atom stereocenters. The highest BCUT2D eigenvalue weighted by Crippen LogP contribution is 2.27. The lowest BCUT2D eigenvalue weighted by Gasteiger charge is -2.34. The fourth-order valence-electron chi connectivity index (χ4n) is 3.63. The van der Waals surface area contributed by atoms with Gasteiger partial charge in [-0.15, -0.1) is 0 Å². The second-order valence-corrected chi connectivity index (χ2v) is 7.69. The molecule has 0 saturated heterocycles. The minimum Gasteiger partial charge on any atom is -0.489 e. The number of nitrogens with zero attached hydrogens (tertiary/aromatic N) is 2. The van der Waals surface area contributed by atoms with Gasteiger partial charge in [-0.2, -0.15) is 0 Å². The third-order valence-electron chi connectivity index (χ3n) is 5.37. The Hall–Kier alpha value is -3.32. The van der Waals surface area contributed by atoms with Crippen molar-refractivity contribution >= 4 is 23.5 Å². The first-order valence-corrected chi connectivity index (χ1v) is 10.1. The number of amides is 1. The molecule has 0 radical (unpaired) electrons. The van der Waals surface area contributed by atoms with Gasteiger partial charge in [-0.3, -0.25) is 4.79 Å². The number of carbonyl (C=O) groups is 2. The summed E-state index contributed by atoms with van der Waals surface area (Å²) in [6.07, 6.45) is 0.377. The highest BCUT2D eigenvalue weighted by Gasteiger charge is 2.38. The van der Waals surface area contributed by atoms with Crippen LogP contribution in [-0.2, 0) is 29.1 Å². The van der Waals surface area contributed by atoms with E-state index in [1.807, 2.05) is 24.3 Å². The number of fused-ring (bicyclic) bond motifs is 1. The lowest BCUT2D eigenvalue weighted by atomic mass is 9.93. The van der Waals surface area contributed by atoms with E-state index in [1.165, 1.54) is 12.0 Å². The zero-order valence-electron chi connectivity index (χ0n) is 17.1. The van der Waals surface area contributed by atoms with E-state index in [1.54, 1.807) is 31.2 Å². The summed E-state index contributed by atoms with van der Waals surface area (Å²) < 4.78 is 16.0. The second-order valence-electron chi connectivity index (χ2n) is 7.25. The molecule has 2 aromatic carbocycles. The minimum absolute atomic E-state index is 0.0886. The molecule has 160 valence electrons. The van der Waals surface area contributed by atoms with Crippen LogP contribution in [0.1, 0.15) is 32.9 Å². The Balaban J connectivity index is 1.61. The zero-order valence-corrected chi connectivity index (χ0v) is 17.9. The van der Waals surface area contributed by atoms with Gasteiger partial charge in [-0.05, 0) is 42.3 Å². The van der Waals surface area contributed by atoms with E-state index in [9.17, 15) is 9.59 Å². The number of hydrogen-bond donors (Lipinski definition) is 0. The first-order chi connectivity index (χ1) is 15.0. The maximum atomic E-state index is 13.5. The molecule has 1 amide bonds. The smallest absolute Gasteiger partial charge is 0.328 e. The van der Waals surface area contributed by atoms with E-state index in [0.717, 1.165) is 11.1 Å². The number of ether oxygens (including phenoxy) is 2. The number of hydrogen-bond acceptors (Lipinski definition) is 6. The van der Waals surface area contributed by atoms with Gasteiger partial charge in [0.2, 0.25) is 0 Å². The maximum Gasteiger partial charge on any atom is 0.328 e. The van der Waals surface area contributed by atoms with Crippen LogP contribution in [0.4, 0.5) is 0 Å². The minimum atomic E-state index is -0.741. The number of aryl methyl sites for hydroxylation is 1. The van der Waals surface area contributed by atoms with Crippen molar-refractivity contribution in [1.29, 1.82) is 0 Å². The molecular weight excluding hydrogens is 420 g/mol. The van der Waals surface area contributed by atoms with Crippen LogP contribution in [0.3, 0.4) is 0 Å². The molecule has 0 N–H and O–H groups in total. The van der Waals surface area contributed by atoms with E-state index in [-0.39, 0.29) is 18.8 Å². The molecule has 1 aromatic heterocycles. The number of rotatable bonds is 5. The van der Waals surface area contributed by atoms with Crippen LogP contribution in [0.5, 0.6) is 5.75 Å². The summed E-state index contributed by atoms with van der Waals surface area (Å²) in [7, 11) is 1.32. The molecule has 1 aliphatic heterocycles. The number of carbonyl (C=O) groups excluding carboxylic acids is 2. The van der Waals surface area contributed by atoms with Gasteiger partial charge >= 0.3 is 5.97 Å². The van der Waals surface area contributed by atoms with Gasteiger partial charge in [-0.1, -0.05) is 41.0 Å². The lowest BCUT2D eigenvalue weighted by molar-refractivity contribution is -0.146. The summed E-state index contributed by atoms with van der Waals surface area (Å²) in [4.78, 5) is 27.4. The monoisotopic (exact) mass is 440 g/mol. The third kappa shape index (κ3) is 4.27. The van der Waals surface area contributed by atoms with Crippen LogP contribution in [0.25, 0.3) is 0 Å². The molecule has 0 saturated carbocycles. The van der Waals surface area contributed by atoms with Crippen LogP contribution < -0.4 is 4.74 Å². The summed E-state index contributed by atoms with van der Waals surface area (Å²) in [5, 5.41) is 4.57. The molecule has 0 bridgehead atoms. The molecule has 0 fully saturated rings. The molecule has 1 aliphatic rings. The van der Waals surface area contributed by atoms with Crippen molar-refractivity contribution in [1.82, 2.24) is 10.1 Å². The highest BCUT2D eigenvalue weighted by molar-refractivity contribution is 6.30. The first kappa shape index (κ1) is 20.9. The Morgan fingerprint density at radius 1 is 1.16 bits per heavy atom. The van der Waals surface area contributed by atoms with E-state index < -0.39 is 17.9 Å². The number of benzene rings is 2. The van der Waals surface area contributed by atoms with Gasteiger partial charge in [0.1, 0.15) is 24.2 Å². The fraction of sp³-hybridized carbons (Fsp3) is 0.261. The molecular formula is C23H21ClN2O5. The van der Waals surface area contributed by atoms with Crippen molar-refractivity contribution in [2.24, 2.45) is 0 Å². The van der Waals surface area contributed by atoms with Crippen LogP contribution in [0.2, 0.25) is 5.02 Å². The summed E-state index contributed by atoms with van der Waals surface area (Å²) in [6, 6.07) is 13.9. The second kappa shape index (κ2) is 8.81. The van der Waals surface area contributed by atoms with Gasteiger partial charge in [0.25, 0.3) is 5.91 Å². The number of aromatic nitrogens is 1. The Labute approximate surface area is 184 Å². The van der Waals surface area contributed by atoms with Crippen molar-refractivity contribution in [3.8, 4) is 5.75 Å². The third-order valence-corrected chi connectivity index (χ3v) is 5.62. The van der Waals surface area contributed by atoms with E-state index in [4.69, 9.17) is 25.6 Å². The van der Waals surface area contributed by atoms with Gasteiger partial charge in [0.05, 0.1) is 12.7 Å². The SMILES string of the molecule is COC(=O)C1Cc2ccccc2CN1C(=O)c1noc(C)c1COc1ccc(Cl)cc1. The normalized spacial score (nSPS) is 15.3. The summed E-state index contributed by atoms with van der Waals surface area (Å²) in [5.41, 5.74) is 2.65. The van der Waals surface area contributed by atoms with Crippen molar-refractivity contribution in [3.63, 3.8) is 0 Å². The predicted molar refractivity (Wildman–Crippen MR) is 113 cm³/mol. The quantitative estimate of drug-likeness (QED) is 0.558. The van der Waals surface area contributed by atoms with Crippen molar-refractivity contribution < 1.29 is 23.6 Å². The lowest BCUT2D eigenvalue weighted by Crippen LogP contribution is -2.49. The molecule has 0 aliphatic carbocycles. The molecule has 2 heterocycles. The van der Waals surface area contributed by atoms with Crippen LogP contribution in [0.15, 0.2) is 53.1 Å². The maximum absolute atomic E-state index is 13.5. The summed E-state index contributed by atoms with van der Waals surface area (Å²) in [5.74, 6) is 0.200. The molecule has 8 heteroatoms. The average Bonchev–Trinajstić information content (AvgIpc) is 3.17. The molecule has 4 rings (SSSR count). The van der Waals surface area contributed by atoms with Crippen LogP contribution in [-0.4, -0.2) is 35.1 Å². The zero-order chi connectivity index (χ0) is 22.0. The van der Waals surface area contributed by atoms with E-state index >= 15 is 0 Å². The molecule has 1 unspecified atom stereocenters. The fourth-order valence-corrected chi connectivity index (χ4v) is 3.76. The molecule has 0 spiro atoms. The molecule has 7 nitrogen and oxygen atoms in total.